The Bertz CT molecular complexity index is 1930. The smallest absolute Gasteiger partial charge is 0.351 e. The van der Waals surface area contributed by atoms with E-state index in [0.29, 0.717) is 11.5 Å². The van der Waals surface area contributed by atoms with Crippen LogP contribution < -0.4 is 20.5 Å². The number of hydrogen-bond donors (Lipinski definition) is 1. The molecule has 0 bridgehead atoms. The second-order valence-electron chi connectivity index (χ2n) is 13.9. The van der Waals surface area contributed by atoms with Crippen molar-refractivity contribution in [3.8, 4) is 17.6 Å². The molecule has 0 aliphatic carbocycles. The average Bonchev–Trinajstić information content (AvgIpc) is 3.54. The maximum absolute atomic E-state index is 13.6. The molecule has 2 heterocycles. The quantitative estimate of drug-likeness (QED) is 0.0602. The van der Waals surface area contributed by atoms with Gasteiger partial charge in [-0.15, -0.1) is 0 Å². The SMILES string of the molecule is COc1ccc(C(OCC2OC(n3ccc(NC(C)=O)nc3=O)[C@@H](OC)C2OP(OCCC#N)N(C(C)C)C(C)C)(c2ccccc2)c2ccc(OC)cc2)cc1. The summed E-state index contributed by atoms with van der Waals surface area (Å²) in [5, 5.41) is 11.9. The molecular weight excluding hydrogens is 749 g/mol. The Morgan fingerprint density at radius 2 is 1.49 bits per heavy atom. The molecule has 1 aromatic heterocycles. The van der Waals surface area contributed by atoms with E-state index in [4.69, 9.17) is 32.7 Å². The van der Waals surface area contributed by atoms with Gasteiger partial charge in [0.15, 0.2) is 6.23 Å². The molecular formula is C42H52N5O9P. The van der Waals surface area contributed by atoms with Crippen LogP contribution in [0.3, 0.4) is 0 Å². The first-order chi connectivity index (χ1) is 27.5. The maximum atomic E-state index is 13.6. The molecule has 1 aliphatic heterocycles. The zero-order chi connectivity index (χ0) is 41.1. The van der Waals surface area contributed by atoms with Gasteiger partial charge in [-0.25, -0.2) is 9.46 Å². The molecule has 15 heteroatoms. The lowest BCUT2D eigenvalue weighted by molar-refractivity contribution is -0.114. The zero-order valence-electron chi connectivity index (χ0n) is 33.7. The first-order valence-corrected chi connectivity index (χ1v) is 19.9. The van der Waals surface area contributed by atoms with Gasteiger partial charge in [0.25, 0.3) is 8.53 Å². The fourth-order valence-electron chi connectivity index (χ4n) is 6.98. The van der Waals surface area contributed by atoms with Gasteiger partial charge in [0.1, 0.15) is 41.2 Å². The van der Waals surface area contributed by atoms with E-state index in [1.165, 1.54) is 30.9 Å². The molecule has 304 valence electrons. The molecule has 1 N–H and O–H groups in total. The number of methoxy groups -OCH3 is 3. The van der Waals surface area contributed by atoms with Gasteiger partial charge in [-0.05, 0) is 74.7 Å². The van der Waals surface area contributed by atoms with Crippen molar-refractivity contribution in [1.82, 2.24) is 14.2 Å². The highest BCUT2D eigenvalue weighted by molar-refractivity contribution is 7.44. The van der Waals surface area contributed by atoms with E-state index in [2.05, 4.69) is 48.7 Å². The number of amides is 1. The molecule has 5 rings (SSSR count). The van der Waals surface area contributed by atoms with E-state index in [0.717, 1.165) is 16.7 Å². The summed E-state index contributed by atoms with van der Waals surface area (Å²) in [7, 11) is 2.97. The number of anilines is 1. The van der Waals surface area contributed by atoms with E-state index in [1.807, 2.05) is 78.9 Å². The van der Waals surface area contributed by atoms with Gasteiger partial charge in [-0.1, -0.05) is 54.6 Å². The summed E-state index contributed by atoms with van der Waals surface area (Å²) in [5.74, 6) is 1.11. The van der Waals surface area contributed by atoms with Crippen molar-refractivity contribution < 1.29 is 37.5 Å². The van der Waals surface area contributed by atoms with Gasteiger partial charge < -0.3 is 38.0 Å². The summed E-state index contributed by atoms with van der Waals surface area (Å²) in [5.41, 5.74) is 0.622. The molecule has 57 heavy (non-hydrogen) atoms. The van der Waals surface area contributed by atoms with Crippen molar-refractivity contribution >= 4 is 20.3 Å². The molecule has 4 aromatic rings. The largest absolute Gasteiger partial charge is 0.497 e. The van der Waals surface area contributed by atoms with Crippen LogP contribution in [0.5, 0.6) is 11.5 Å². The van der Waals surface area contributed by atoms with Crippen LogP contribution in [0.2, 0.25) is 0 Å². The van der Waals surface area contributed by atoms with Crippen molar-refractivity contribution in [2.75, 3.05) is 39.9 Å². The van der Waals surface area contributed by atoms with Crippen molar-refractivity contribution in [2.24, 2.45) is 0 Å². The molecule has 3 aromatic carbocycles. The van der Waals surface area contributed by atoms with Crippen LogP contribution in [0.25, 0.3) is 0 Å². The minimum Gasteiger partial charge on any atom is -0.497 e. The molecule has 1 amide bonds. The Hall–Kier alpha value is -4.71. The molecule has 0 saturated carbocycles. The highest BCUT2D eigenvalue weighted by Crippen LogP contribution is 2.51. The molecule has 5 atom stereocenters. The van der Waals surface area contributed by atoms with Gasteiger partial charge in [0.05, 0.1) is 39.9 Å². The fraction of sp³-hybridized carbons (Fsp3) is 0.429. The summed E-state index contributed by atoms with van der Waals surface area (Å²) in [6.07, 6.45) is -1.90. The summed E-state index contributed by atoms with van der Waals surface area (Å²) in [4.78, 5) is 29.4. The zero-order valence-corrected chi connectivity index (χ0v) is 34.6. The fourth-order valence-corrected chi connectivity index (χ4v) is 8.75. The first-order valence-electron chi connectivity index (χ1n) is 18.8. The highest BCUT2D eigenvalue weighted by atomic mass is 31.2. The Balaban J connectivity index is 1.65. The molecule has 0 spiro atoms. The topological polar surface area (TPSA) is 156 Å². The van der Waals surface area contributed by atoms with Crippen LogP contribution in [0.4, 0.5) is 5.82 Å². The van der Waals surface area contributed by atoms with Crippen molar-refractivity contribution in [3.05, 3.63) is 118 Å². The average molecular weight is 802 g/mol. The molecule has 14 nitrogen and oxygen atoms in total. The van der Waals surface area contributed by atoms with Crippen LogP contribution in [0, 0.1) is 11.3 Å². The van der Waals surface area contributed by atoms with Gasteiger partial charge in [0, 0.05) is 32.3 Å². The van der Waals surface area contributed by atoms with Crippen molar-refractivity contribution in [2.45, 2.75) is 83.3 Å². The van der Waals surface area contributed by atoms with Gasteiger partial charge in [0.2, 0.25) is 5.91 Å². The van der Waals surface area contributed by atoms with Gasteiger partial charge in [-0.3, -0.25) is 9.36 Å². The summed E-state index contributed by atoms with van der Waals surface area (Å²) in [6.45, 7) is 9.63. The molecule has 1 aliphatic rings. The van der Waals surface area contributed by atoms with E-state index < -0.39 is 44.4 Å². The number of rotatable bonds is 19. The predicted octanol–water partition coefficient (Wildman–Crippen LogP) is 6.80. The number of carbonyl (C=O) groups is 1. The predicted molar refractivity (Wildman–Crippen MR) is 216 cm³/mol. The van der Waals surface area contributed by atoms with Crippen molar-refractivity contribution in [1.29, 1.82) is 5.26 Å². The Labute approximate surface area is 335 Å². The third-order valence-corrected chi connectivity index (χ3v) is 11.6. The number of ether oxygens (including phenoxy) is 5. The number of nitrogens with one attached hydrogen (secondary N) is 1. The number of aromatic nitrogens is 2. The Kier molecular flexibility index (Phi) is 15.3. The number of nitrogens with zero attached hydrogens (tertiary/aromatic N) is 4. The first kappa shape index (κ1) is 43.4. The molecule has 1 fully saturated rings. The second kappa shape index (κ2) is 20.1. The lowest BCUT2D eigenvalue weighted by Crippen LogP contribution is -2.43. The second-order valence-corrected chi connectivity index (χ2v) is 15.3. The molecule has 0 radical (unpaired) electrons. The number of nitriles is 1. The van der Waals surface area contributed by atoms with Crippen molar-refractivity contribution in [3.63, 3.8) is 0 Å². The highest BCUT2D eigenvalue weighted by Gasteiger charge is 2.51. The maximum Gasteiger partial charge on any atom is 0.351 e. The van der Waals surface area contributed by atoms with E-state index in [1.54, 1.807) is 14.2 Å². The van der Waals surface area contributed by atoms with Crippen LogP contribution in [-0.4, -0.2) is 85.1 Å². The Morgan fingerprint density at radius 1 is 0.912 bits per heavy atom. The molecule has 4 unspecified atom stereocenters. The summed E-state index contributed by atoms with van der Waals surface area (Å²) < 4.78 is 48.0. The summed E-state index contributed by atoms with van der Waals surface area (Å²) >= 11 is 0. The summed E-state index contributed by atoms with van der Waals surface area (Å²) in [6, 6.07) is 29.0. The third-order valence-electron chi connectivity index (χ3n) is 9.48. The third kappa shape index (κ3) is 10.1. The van der Waals surface area contributed by atoms with E-state index in [9.17, 15) is 14.9 Å². The van der Waals surface area contributed by atoms with Crippen LogP contribution in [-0.2, 0) is 33.7 Å². The lowest BCUT2D eigenvalue weighted by atomic mass is 9.80. The number of hydrogen-bond acceptors (Lipinski definition) is 12. The normalized spacial score (nSPS) is 18.8. The Morgan fingerprint density at radius 3 is 1.98 bits per heavy atom. The van der Waals surface area contributed by atoms with Crippen LogP contribution in [0.1, 0.15) is 64.0 Å². The van der Waals surface area contributed by atoms with E-state index in [-0.39, 0.29) is 43.4 Å². The molecule has 1 saturated heterocycles. The monoisotopic (exact) mass is 801 g/mol. The van der Waals surface area contributed by atoms with E-state index >= 15 is 0 Å². The minimum absolute atomic E-state index is 0.0102. The van der Waals surface area contributed by atoms with Gasteiger partial charge >= 0.3 is 5.69 Å². The number of carbonyl (C=O) groups excluding carboxylic acids is 1. The minimum atomic E-state index is -1.79. The van der Waals surface area contributed by atoms with Gasteiger partial charge in [-0.2, -0.15) is 10.2 Å². The standard InChI is InChI=1S/C42H52N5O9P/c1-28(2)47(29(3)4)57(54-26-12-24-43)56-38-36(55-40(39(38)52-8)46-25-23-37(44-30(5)48)45-41(46)49)27-53-42(31-13-10-9-11-14-31,32-15-19-34(50-6)20-16-32)33-17-21-35(51-7)22-18-33/h9-11,13-23,25,28-29,36,38-40H,12,26-27H2,1-8H3,(H,44,45,48,49)/t36?,38?,39-,40?,57?/m0/s1. The number of benzene rings is 3. The van der Waals surface area contributed by atoms with Crippen LogP contribution in [0.15, 0.2) is 95.9 Å². The van der Waals surface area contributed by atoms with Crippen LogP contribution >= 0.6 is 8.53 Å². The lowest BCUT2D eigenvalue weighted by Gasteiger charge is -2.39.